The quantitative estimate of drug-likeness (QED) is 0.735. The Morgan fingerprint density at radius 3 is 2.88 bits per heavy atom. The first-order chi connectivity index (χ1) is 7.77. The van der Waals surface area contributed by atoms with Gasteiger partial charge in [0.2, 0.25) is 5.91 Å². The summed E-state index contributed by atoms with van der Waals surface area (Å²) in [6.07, 6.45) is 6.60. The Bertz CT molecular complexity index is 292. The number of aliphatic hydroxyl groups is 1. The Balaban J connectivity index is 2.36. The Morgan fingerprint density at radius 1 is 1.50 bits per heavy atom. The van der Waals surface area contributed by atoms with E-state index >= 15 is 0 Å². The van der Waals surface area contributed by atoms with Crippen LogP contribution in [-0.4, -0.2) is 45.2 Å². The Hall–Kier alpha value is -1.36. The van der Waals surface area contributed by atoms with Gasteiger partial charge in [0, 0.05) is 38.4 Å². The first-order valence-corrected chi connectivity index (χ1v) is 5.62. The molecule has 0 fully saturated rings. The molecule has 1 N–H and O–H groups in total. The number of carbonyl (C=O) groups is 1. The standard InChI is InChI=1S/C11H19N3O2/c1-2-5-14(8-9-15)11(16)3-6-13-7-4-12-10-13/h4,7,10,15H,2-3,5-6,8-9H2,1H3. The lowest BCUT2D eigenvalue weighted by molar-refractivity contribution is -0.132. The minimum absolute atomic E-state index is 0.0246. The SMILES string of the molecule is CCCN(CCO)C(=O)CCn1ccnc1. The van der Waals surface area contributed by atoms with Crippen molar-refractivity contribution in [1.82, 2.24) is 14.5 Å². The molecule has 16 heavy (non-hydrogen) atoms. The van der Waals surface area contributed by atoms with E-state index in [4.69, 9.17) is 5.11 Å². The van der Waals surface area contributed by atoms with E-state index in [1.54, 1.807) is 17.4 Å². The molecule has 0 aliphatic heterocycles. The van der Waals surface area contributed by atoms with Crippen LogP contribution < -0.4 is 0 Å². The molecule has 0 spiro atoms. The van der Waals surface area contributed by atoms with Crippen LogP contribution in [0.2, 0.25) is 0 Å². The van der Waals surface area contributed by atoms with Crippen LogP contribution in [0.25, 0.3) is 0 Å². The maximum absolute atomic E-state index is 11.8. The van der Waals surface area contributed by atoms with Crippen molar-refractivity contribution in [3.63, 3.8) is 0 Å². The maximum atomic E-state index is 11.8. The minimum atomic E-state index is 0.0246. The zero-order valence-electron chi connectivity index (χ0n) is 9.67. The lowest BCUT2D eigenvalue weighted by Gasteiger charge is -2.21. The number of aromatic nitrogens is 2. The fourth-order valence-corrected chi connectivity index (χ4v) is 1.55. The molecule has 0 aliphatic rings. The molecule has 0 bridgehead atoms. The number of aryl methyl sites for hydroxylation is 1. The second kappa shape index (κ2) is 7.00. The van der Waals surface area contributed by atoms with Gasteiger partial charge in [0.1, 0.15) is 0 Å². The normalized spacial score (nSPS) is 10.4. The van der Waals surface area contributed by atoms with Crippen LogP contribution in [0.1, 0.15) is 19.8 Å². The molecule has 0 radical (unpaired) electrons. The fourth-order valence-electron chi connectivity index (χ4n) is 1.55. The Kier molecular flexibility index (Phi) is 5.56. The van der Waals surface area contributed by atoms with Crippen molar-refractivity contribution in [2.75, 3.05) is 19.7 Å². The van der Waals surface area contributed by atoms with Crippen molar-refractivity contribution in [3.05, 3.63) is 18.7 Å². The Labute approximate surface area is 95.7 Å². The third kappa shape index (κ3) is 4.02. The van der Waals surface area contributed by atoms with E-state index in [0.29, 0.717) is 26.1 Å². The summed E-state index contributed by atoms with van der Waals surface area (Å²) in [6, 6.07) is 0. The van der Waals surface area contributed by atoms with Crippen LogP contribution in [0.4, 0.5) is 0 Å². The molecule has 0 aromatic carbocycles. The minimum Gasteiger partial charge on any atom is -0.395 e. The van der Waals surface area contributed by atoms with Gasteiger partial charge in [-0.15, -0.1) is 0 Å². The van der Waals surface area contributed by atoms with Crippen LogP contribution >= 0.6 is 0 Å². The zero-order valence-corrected chi connectivity index (χ0v) is 9.67. The summed E-state index contributed by atoms with van der Waals surface area (Å²) in [7, 11) is 0. The number of aliphatic hydroxyl groups excluding tert-OH is 1. The van der Waals surface area contributed by atoms with Crippen LogP contribution in [0, 0.1) is 0 Å². The summed E-state index contributed by atoms with van der Waals surface area (Å²) >= 11 is 0. The van der Waals surface area contributed by atoms with Gasteiger partial charge in [-0.25, -0.2) is 4.98 Å². The molecular weight excluding hydrogens is 206 g/mol. The number of rotatable bonds is 7. The lowest BCUT2D eigenvalue weighted by Crippen LogP contribution is -2.34. The molecule has 0 aliphatic carbocycles. The molecule has 1 aromatic rings. The topological polar surface area (TPSA) is 58.4 Å². The largest absolute Gasteiger partial charge is 0.395 e. The van der Waals surface area contributed by atoms with E-state index in [2.05, 4.69) is 4.98 Å². The maximum Gasteiger partial charge on any atom is 0.224 e. The van der Waals surface area contributed by atoms with Gasteiger partial charge >= 0.3 is 0 Å². The number of hydrogen-bond acceptors (Lipinski definition) is 3. The Morgan fingerprint density at radius 2 is 2.31 bits per heavy atom. The van der Waals surface area contributed by atoms with Crippen LogP contribution in [0.15, 0.2) is 18.7 Å². The van der Waals surface area contributed by atoms with Gasteiger partial charge in [-0.05, 0) is 6.42 Å². The molecule has 1 rings (SSSR count). The molecule has 90 valence electrons. The zero-order chi connectivity index (χ0) is 11.8. The highest BCUT2D eigenvalue weighted by Crippen LogP contribution is 1.99. The van der Waals surface area contributed by atoms with E-state index in [9.17, 15) is 4.79 Å². The van der Waals surface area contributed by atoms with Crippen molar-refractivity contribution in [3.8, 4) is 0 Å². The van der Waals surface area contributed by atoms with E-state index in [0.717, 1.165) is 6.42 Å². The van der Waals surface area contributed by atoms with Crippen molar-refractivity contribution in [2.24, 2.45) is 0 Å². The van der Waals surface area contributed by atoms with Gasteiger partial charge in [-0.3, -0.25) is 4.79 Å². The number of amides is 1. The molecule has 5 nitrogen and oxygen atoms in total. The molecule has 0 saturated heterocycles. The van der Waals surface area contributed by atoms with Crippen LogP contribution in [0.5, 0.6) is 0 Å². The summed E-state index contributed by atoms with van der Waals surface area (Å²) in [5.41, 5.74) is 0. The van der Waals surface area contributed by atoms with Gasteiger partial charge in [0.15, 0.2) is 0 Å². The fraction of sp³-hybridized carbons (Fsp3) is 0.636. The molecule has 1 amide bonds. The second-order valence-corrected chi connectivity index (χ2v) is 3.65. The molecule has 5 heteroatoms. The third-order valence-electron chi connectivity index (χ3n) is 2.36. The van der Waals surface area contributed by atoms with E-state index in [1.807, 2.05) is 17.7 Å². The lowest BCUT2D eigenvalue weighted by atomic mass is 10.3. The average Bonchev–Trinajstić information content (AvgIpc) is 2.78. The first kappa shape index (κ1) is 12.7. The predicted molar refractivity (Wildman–Crippen MR) is 60.8 cm³/mol. The predicted octanol–water partition coefficient (Wildman–Crippen LogP) is 0.504. The third-order valence-corrected chi connectivity index (χ3v) is 2.36. The van der Waals surface area contributed by atoms with Crippen LogP contribution in [-0.2, 0) is 11.3 Å². The van der Waals surface area contributed by atoms with Gasteiger partial charge in [0.25, 0.3) is 0 Å². The van der Waals surface area contributed by atoms with Gasteiger partial charge in [0.05, 0.1) is 12.9 Å². The van der Waals surface area contributed by atoms with Crippen molar-refractivity contribution >= 4 is 5.91 Å². The highest BCUT2D eigenvalue weighted by atomic mass is 16.3. The summed E-state index contributed by atoms with van der Waals surface area (Å²) in [5.74, 6) is 0.0876. The van der Waals surface area contributed by atoms with E-state index in [-0.39, 0.29) is 12.5 Å². The molecule has 0 atom stereocenters. The van der Waals surface area contributed by atoms with Gasteiger partial charge in [-0.2, -0.15) is 0 Å². The highest BCUT2D eigenvalue weighted by molar-refractivity contribution is 5.76. The molecule has 1 heterocycles. The molecule has 1 aromatic heterocycles. The second-order valence-electron chi connectivity index (χ2n) is 3.65. The summed E-state index contributed by atoms with van der Waals surface area (Å²) in [4.78, 5) is 17.4. The monoisotopic (exact) mass is 225 g/mol. The van der Waals surface area contributed by atoms with Gasteiger partial charge in [-0.1, -0.05) is 6.92 Å². The number of nitrogens with zero attached hydrogens (tertiary/aromatic N) is 3. The molecule has 0 saturated carbocycles. The summed E-state index contributed by atoms with van der Waals surface area (Å²) in [5, 5.41) is 8.86. The van der Waals surface area contributed by atoms with Crippen molar-refractivity contribution < 1.29 is 9.90 Å². The first-order valence-electron chi connectivity index (χ1n) is 5.62. The van der Waals surface area contributed by atoms with E-state index in [1.165, 1.54) is 0 Å². The average molecular weight is 225 g/mol. The summed E-state index contributed by atoms with van der Waals surface area (Å²) in [6.45, 7) is 3.83. The number of imidazole rings is 1. The van der Waals surface area contributed by atoms with E-state index < -0.39 is 0 Å². The summed E-state index contributed by atoms with van der Waals surface area (Å²) < 4.78 is 1.88. The highest BCUT2D eigenvalue weighted by Gasteiger charge is 2.11. The van der Waals surface area contributed by atoms with Crippen molar-refractivity contribution in [2.45, 2.75) is 26.3 Å². The van der Waals surface area contributed by atoms with Gasteiger partial charge < -0.3 is 14.6 Å². The molecule has 0 unspecified atom stereocenters. The number of carbonyl (C=O) groups excluding carboxylic acids is 1. The van der Waals surface area contributed by atoms with Crippen molar-refractivity contribution in [1.29, 1.82) is 0 Å². The smallest absolute Gasteiger partial charge is 0.224 e. The number of hydrogen-bond donors (Lipinski definition) is 1. The van der Waals surface area contributed by atoms with Crippen LogP contribution in [0.3, 0.4) is 0 Å². The molecular formula is C11H19N3O2.